The molecule has 0 aliphatic carbocycles. The van der Waals surface area contributed by atoms with Gasteiger partial charge in [0, 0.05) is 6.54 Å². The van der Waals surface area contributed by atoms with Gasteiger partial charge in [-0.1, -0.05) is 30.3 Å². The molecule has 126 valence electrons. The average molecular weight is 337 g/mol. The van der Waals surface area contributed by atoms with Crippen LogP contribution in [0.25, 0.3) is 0 Å². The number of para-hydroxylation sites is 1. The second-order valence-corrected chi connectivity index (χ2v) is 5.43. The van der Waals surface area contributed by atoms with Crippen LogP contribution in [0.15, 0.2) is 52.9 Å². The summed E-state index contributed by atoms with van der Waals surface area (Å²) in [5.74, 6) is 1.02. The first kappa shape index (κ1) is 16.5. The summed E-state index contributed by atoms with van der Waals surface area (Å²) < 4.78 is 24.2. The molecule has 3 rings (SSSR count). The highest BCUT2D eigenvalue weighted by molar-refractivity contribution is 5.45. The van der Waals surface area contributed by atoms with Crippen molar-refractivity contribution in [1.29, 1.82) is 5.26 Å². The first-order valence-corrected chi connectivity index (χ1v) is 7.72. The van der Waals surface area contributed by atoms with E-state index < -0.39 is 0 Å². The summed E-state index contributed by atoms with van der Waals surface area (Å²) in [5.41, 5.74) is 2.02. The minimum atomic E-state index is -0.295. The number of nitriles is 1. The molecule has 0 atom stereocenters. The molecule has 3 aromatic rings. The van der Waals surface area contributed by atoms with Gasteiger partial charge in [0.25, 0.3) is 0 Å². The summed E-state index contributed by atoms with van der Waals surface area (Å²) in [4.78, 5) is 4.12. The van der Waals surface area contributed by atoms with Crippen LogP contribution in [0.4, 0.5) is 10.3 Å². The van der Waals surface area contributed by atoms with Gasteiger partial charge in [-0.2, -0.15) is 10.2 Å². The summed E-state index contributed by atoms with van der Waals surface area (Å²) in [5, 5.41) is 12.2. The lowest BCUT2D eigenvalue weighted by Gasteiger charge is -2.06. The number of anilines is 1. The smallest absolute Gasteiger partial charge is 0.236 e. The Morgan fingerprint density at radius 2 is 1.96 bits per heavy atom. The zero-order chi connectivity index (χ0) is 17.6. The van der Waals surface area contributed by atoms with Crippen LogP contribution in [-0.4, -0.2) is 4.98 Å². The van der Waals surface area contributed by atoms with Crippen molar-refractivity contribution in [2.45, 2.75) is 20.1 Å². The van der Waals surface area contributed by atoms with Crippen LogP contribution in [0.2, 0.25) is 0 Å². The van der Waals surface area contributed by atoms with Crippen LogP contribution in [-0.2, 0) is 13.2 Å². The molecule has 0 unspecified atom stereocenters. The Labute approximate surface area is 144 Å². The average Bonchev–Trinajstić information content (AvgIpc) is 3.03. The fourth-order valence-electron chi connectivity index (χ4n) is 2.26. The molecule has 1 N–H and O–H groups in total. The van der Waals surface area contributed by atoms with E-state index >= 15 is 0 Å². The molecule has 0 spiro atoms. The Kier molecular flexibility index (Phi) is 4.95. The summed E-state index contributed by atoms with van der Waals surface area (Å²) >= 11 is 0. The van der Waals surface area contributed by atoms with Gasteiger partial charge in [-0.3, -0.25) is 0 Å². The van der Waals surface area contributed by atoms with E-state index in [4.69, 9.17) is 9.15 Å². The number of hydrogen-bond donors (Lipinski definition) is 1. The van der Waals surface area contributed by atoms with E-state index in [9.17, 15) is 9.65 Å². The Bertz CT molecular complexity index is 898. The monoisotopic (exact) mass is 337 g/mol. The molecule has 0 saturated heterocycles. The van der Waals surface area contributed by atoms with Crippen molar-refractivity contribution in [3.8, 4) is 11.8 Å². The molecule has 1 aromatic heterocycles. The van der Waals surface area contributed by atoms with E-state index in [1.807, 2.05) is 37.3 Å². The number of ether oxygens (including phenoxy) is 1. The van der Waals surface area contributed by atoms with Crippen molar-refractivity contribution in [3.05, 3.63) is 77.1 Å². The third kappa shape index (κ3) is 4.15. The number of aryl methyl sites for hydroxylation is 1. The van der Waals surface area contributed by atoms with Gasteiger partial charge in [0.2, 0.25) is 17.5 Å². The number of rotatable bonds is 6. The van der Waals surface area contributed by atoms with Crippen LogP contribution in [0, 0.1) is 24.1 Å². The quantitative estimate of drug-likeness (QED) is 0.730. The molecular formula is C19H16FN3O2. The van der Waals surface area contributed by atoms with Gasteiger partial charge in [0.05, 0.1) is 0 Å². The van der Waals surface area contributed by atoms with E-state index in [-0.39, 0.29) is 24.0 Å². The Balaban J connectivity index is 1.66. The van der Waals surface area contributed by atoms with Gasteiger partial charge in [-0.25, -0.2) is 4.39 Å². The lowest BCUT2D eigenvalue weighted by Crippen LogP contribution is -1.99. The van der Waals surface area contributed by atoms with Gasteiger partial charge >= 0.3 is 0 Å². The number of nitrogens with zero attached hydrogens (tertiary/aromatic N) is 2. The largest absolute Gasteiger partial charge is 0.484 e. The third-order valence-corrected chi connectivity index (χ3v) is 3.59. The highest BCUT2D eigenvalue weighted by Gasteiger charge is 2.13. The van der Waals surface area contributed by atoms with Crippen molar-refractivity contribution in [3.63, 3.8) is 0 Å². The molecule has 5 nitrogen and oxygen atoms in total. The summed E-state index contributed by atoms with van der Waals surface area (Å²) in [6.45, 7) is 2.46. The number of nitrogens with one attached hydrogen (secondary N) is 1. The van der Waals surface area contributed by atoms with E-state index in [1.54, 1.807) is 12.1 Å². The molecule has 25 heavy (non-hydrogen) atoms. The van der Waals surface area contributed by atoms with Gasteiger partial charge < -0.3 is 14.5 Å². The number of benzene rings is 2. The molecule has 0 amide bonds. The Morgan fingerprint density at radius 1 is 1.20 bits per heavy atom. The van der Waals surface area contributed by atoms with E-state index in [2.05, 4.69) is 10.3 Å². The van der Waals surface area contributed by atoms with E-state index in [0.29, 0.717) is 12.4 Å². The number of hydrogen-bond acceptors (Lipinski definition) is 5. The van der Waals surface area contributed by atoms with Gasteiger partial charge in [0.15, 0.2) is 6.61 Å². The molecule has 0 radical (unpaired) electrons. The fraction of sp³-hybridized carbons (Fsp3) is 0.158. The van der Waals surface area contributed by atoms with E-state index in [0.717, 1.165) is 16.9 Å². The van der Waals surface area contributed by atoms with Gasteiger partial charge in [0.1, 0.15) is 17.6 Å². The summed E-state index contributed by atoms with van der Waals surface area (Å²) in [7, 11) is 0. The van der Waals surface area contributed by atoms with E-state index in [1.165, 1.54) is 12.1 Å². The minimum Gasteiger partial charge on any atom is -0.484 e. The number of aromatic nitrogens is 1. The second-order valence-electron chi connectivity index (χ2n) is 5.43. The summed E-state index contributed by atoms with van der Waals surface area (Å²) in [6.07, 6.45) is 0. The molecule has 0 fully saturated rings. The fourth-order valence-corrected chi connectivity index (χ4v) is 2.26. The normalized spacial score (nSPS) is 10.3. The first-order valence-electron chi connectivity index (χ1n) is 7.72. The topological polar surface area (TPSA) is 71.1 Å². The zero-order valence-electron chi connectivity index (χ0n) is 13.6. The van der Waals surface area contributed by atoms with Gasteiger partial charge in [-0.15, -0.1) is 0 Å². The molecule has 0 saturated carbocycles. The molecule has 0 bridgehead atoms. The van der Waals surface area contributed by atoms with Crippen molar-refractivity contribution >= 4 is 5.88 Å². The van der Waals surface area contributed by atoms with Crippen molar-refractivity contribution in [1.82, 2.24) is 4.98 Å². The van der Waals surface area contributed by atoms with Crippen molar-refractivity contribution in [2.75, 3.05) is 5.32 Å². The Morgan fingerprint density at radius 3 is 2.68 bits per heavy atom. The maximum atomic E-state index is 12.9. The maximum absolute atomic E-state index is 12.9. The van der Waals surface area contributed by atoms with Crippen molar-refractivity contribution in [2.24, 2.45) is 0 Å². The molecule has 1 heterocycles. The van der Waals surface area contributed by atoms with Gasteiger partial charge in [-0.05, 0) is 36.2 Å². The highest BCUT2D eigenvalue weighted by Crippen LogP contribution is 2.21. The predicted molar refractivity (Wildman–Crippen MR) is 90.5 cm³/mol. The molecular weight excluding hydrogens is 321 g/mol. The maximum Gasteiger partial charge on any atom is 0.236 e. The SMILES string of the molecule is Cc1ccccc1OCc1nc(C#N)c(NCc2ccc(F)cc2)o1. The molecule has 6 heteroatoms. The van der Waals surface area contributed by atoms with Crippen LogP contribution in [0.3, 0.4) is 0 Å². The third-order valence-electron chi connectivity index (χ3n) is 3.59. The highest BCUT2D eigenvalue weighted by atomic mass is 19.1. The standard InChI is InChI=1S/C19H16FN3O2/c1-13-4-2-3-5-17(13)24-12-18-23-16(10-21)19(25-18)22-11-14-6-8-15(20)9-7-14/h2-9,22H,11-12H2,1H3. The van der Waals surface area contributed by atoms with Crippen LogP contribution < -0.4 is 10.1 Å². The zero-order valence-corrected chi connectivity index (χ0v) is 13.6. The number of oxazole rings is 1. The Hall–Kier alpha value is -3.33. The van der Waals surface area contributed by atoms with Crippen molar-refractivity contribution < 1.29 is 13.5 Å². The van der Waals surface area contributed by atoms with Crippen LogP contribution in [0.5, 0.6) is 5.75 Å². The molecule has 0 aliphatic rings. The second kappa shape index (κ2) is 7.49. The van der Waals surface area contributed by atoms with Crippen LogP contribution in [0.1, 0.15) is 22.7 Å². The lowest BCUT2D eigenvalue weighted by atomic mass is 10.2. The first-order chi connectivity index (χ1) is 12.2. The summed E-state index contributed by atoms with van der Waals surface area (Å²) in [6, 6.07) is 15.7. The lowest BCUT2D eigenvalue weighted by molar-refractivity contribution is 0.263. The minimum absolute atomic E-state index is 0.123. The van der Waals surface area contributed by atoms with Crippen LogP contribution >= 0.6 is 0 Å². The predicted octanol–water partition coefficient (Wildman–Crippen LogP) is 4.18. The molecule has 2 aromatic carbocycles. The number of halogens is 1. The molecule has 0 aliphatic heterocycles.